The molecule has 27 heavy (non-hydrogen) atoms. The van der Waals surface area contributed by atoms with E-state index in [0.717, 1.165) is 17.7 Å². The van der Waals surface area contributed by atoms with E-state index in [2.05, 4.69) is 0 Å². The molecule has 0 spiro atoms. The van der Waals surface area contributed by atoms with Crippen LogP contribution in [-0.2, 0) is 6.42 Å². The Morgan fingerprint density at radius 1 is 1.11 bits per heavy atom. The summed E-state index contributed by atoms with van der Waals surface area (Å²) in [6.45, 7) is 3.87. The predicted molar refractivity (Wildman–Crippen MR) is 106 cm³/mol. The van der Waals surface area contributed by atoms with Crippen molar-refractivity contribution < 1.29 is 24.5 Å². The normalized spacial score (nSPS) is 10.6. The molecule has 5 nitrogen and oxygen atoms in total. The number of phenols is 1. The molecule has 0 aliphatic heterocycles. The van der Waals surface area contributed by atoms with E-state index in [1.54, 1.807) is 30.3 Å². The van der Waals surface area contributed by atoms with Crippen LogP contribution >= 0.6 is 11.8 Å². The highest BCUT2D eigenvalue weighted by Crippen LogP contribution is 2.33. The summed E-state index contributed by atoms with van der Waals surface area (Å²) < 4.78 is 5.82. The standard InChI is InChI=1S/C21H24O5S/c1-3-7-16-18(11-10-15(14(2)22)20(16)23)26-12-6-13-27-19-9-5-4-8-17(19)21(24)25/h4-5,8-11,23H,3,6-7,12-13H2,1-2H3,(H,24,25). The van der Waals surface area contributed by atoms with Crippen molar-refractivity contribution in [1.82, 2.24) is 0 Å². The van der Waals surface area contributed by atoms with E-state index < -0.39 is 5.97 Å². The number of ketones is 1. The first-order valence-electron chi connectivity index (χ1n) is 8.89. The maximum Gasteiger partial charge on any atom is 0.336 e. The SMILES string of the molecule is CCCc1c(OCCCSc2ccccc2C(=O)O)ccc(C(C)=O)c1O. The van der Waals surface area contributed by atoms with Gasteiger partial charge in [0, 0.05) is 16.2 Å². The van der Waals surface area contributed by atoms with Crippen LogP contribution in [0.3, 0.4) is 0 Å². The lowest BCUT2D eigenvalue weighted by molar-refractivity contribution is 0.0693. The Kier molecular flexibility index (Phi) is 7.73. The third kappa shape index (κ3) is 5.50. The maximum atomic E-state index is 11.6. The van der Waals surface area contributed by atoms with Crippen molar-refractivity contribution in [2.75, 3.05) is 12.4 Å². The first kappa shape index (κ1) is 20.8. The maximum absolute atomic E-state index is 11.6. The molecule has 6 heteroatoms. The number of hydrogen-bond acceptors (Lipinski definition) is 5. The molecule has 2 N–H and O–H groups in total. The van der Waals surface area contributed by atoms with E-state index in [-0.39, 0.29) is 11.5 Å². The molecule has 0 heterocycles. The summed E-state index contributed by atoms with van der Waals surface area (Å²) in [6.07, 6.45) is 2.18. The van der Waals surface area contributed by atoms with Gasteiger partial charge in [-0.15, -0.1) is 11.8 Å². The second-order valence-corrected chi connectivity index (χ2v) is 7.23. The van der Waals surface area contributed by atoms with Crippen molar-refractivity contribution in [3.8, 4) is 11.5 Å². The van der Waals surface area contributed by atoms with Gasteiger partial charge in [0.05, 0.1) is 17.7 Å². The molecule has 2 aromatic carbocycles. The summed E-state index contributed by atoms with van der Waals surface area (Å²) in [7, 11) is 0. The zero-order chi connectivity index (χ0) is 19.8. The van der Waals surface area contributed by atoms with Crippen LogP contribution in [0.4, 0.5) is 0 Å². The molecule has 2 rings (SSSR count). The molecule has 0 saturated carbocycles. The van der Waals surface area contributed by atoms with Crippen molar-refractivity contribution in [2.24, 2.45) is 0 Å². The lowest BCUT2D eigenvalue weighted by Crippen LogP contribution is -2.04. The Balaban J connectivity index is 1.95. The van der Waals surface area contributed by atoms with Crippen molar-refractivity contribution in [1.29, 1.82) is 0 Å². The fourth-order valence-electron chi connectivity index (χ4n) is 2.72. The second kappa shape index (κ2) is 10.0. The largest absolute Gasteiger partial charge is 0.507 e. The summed E-state index contributed by atoms with van der Waals surface area (Å²) in [6, 6.07) is 10.2. The van der Waals surface area contributed by atoms with Gasteiger partial charge in [0.25, 0.3) is 0 Å². The van der Waals surface area contributed by atoms with Gasteiger partial charge in [0.1, 0.15) is 11.5 Å². The van der Waals surface area contributed by atoms with E-state index in [9.17, 15) is 19.8 Å². The van der Waals surface area contributed by atoms with Crippen LogP contribution in [0.15, 0.2) is 41.3 Å². The highest BCUT2D eigenvalue weighted by Gasteiger charge is 2.16. The molecule has 0 atom stereocenters. The molecule has 0 amide bonds. The smallest absolute Gasteiger partial charge is 0.336 e. The predicted octanol–water partition coefficient (Wildman–Crippen LogP) is 4.81. The molecule has 0 unspecified atom stereocenters. The van der Waals surface area contributed by atoms with Crippen molar-refractivity contribution in [2.45, 2.75) is 38.0 Å². The van der Waals surface area contributed by atoms with Gasteiger partial charge >= 0.3 is 5.97 Å². The minimum Gasteiger partial charge on any atom is -0.507 e. The first-order valence-corrected chi connectivity index (χ1v) is 9.88. The first-order chi connectivity index (χ1) is 13.0. The Morgan fingerprint density at radius 2 is 1.85 bits per heavy atom. The van der Waals surface area contributed by atoms with Gasteiger partial charge in [-0.1, -0.05) is 25.5 Å². The van der Waals surface area contributed by atoms with Crippen molar-refractivity contribution in [3.05, 3.63) is 53.1 Å². The molecule has 0 radical (unpaired) electrons. The van der Waals surface area contributed by atoms with Gasteiger partial charge in [-0.05, 0) is 44.0 Å². The van der Waals surface area contributed by atoms with Crippen LogP contribution in [0.25, 0.3) is 0 Å². The molecular formula is C21H24O5S. The number of rotatable bonds is 10. The molecule has 0 aliphatic carbocycles. The van der Waals surface area contributed by atoms with Crippen LogP contribution < -0.4 is 4.74 Å². The zero-order valence-corrected chi connectivity index (χ0v) is 16.3. The lowest BCUT2D eigenvalue weighted by Gasteiger charge is -2.14. The molecule has 0 aliphatic rings. The minimum absolute atomic E-state index is 0.00612. The summed E-state index contributed by atoms with van der Waals surface area (Å²) in [4.78, 5) is 23.6. The number of thioether (sulfide) groups is 1. The summed E-state index contributed by atoms with van der Waals surface area (Å²) in [5.41, 5.74) is 1.28. The van der Waals surface area contributed by atoms with E-state index in [1.165, 1.54) is 18.7 Å². The number of aromatic carboxylic acids is 1. The fourth-order valence-corrected chi connectivity index (χ4v) is 3.69. The quantitative estimate of drug-likeness (QED) is 0.345. The average molecular weight is 388 g/mol. The topological polar surface area (TPSA) is 83.8 Å². The summed E-state index contributed by atoms with van der Waals surface area (Å²) in [5.74, 6) is 0.205. The number of carboxylic acid groups (broad SMARTS) is 1. The molecule has 0 saturated heterocycles. The fraction of sp³-hybridized carbons (Fsp3) is 0.333. The Hall–Kier alpha value is -2.47. The number of benzene rings is 2. The van der Waals surface area contributed by atoms with Gasteiger partial charge < -0.3 is 14.9 Å². The highest BCUT2D eigenvalue weighted by atomic mass is 32.2. The van der Waals surface area contributed by atoms with Crippen LogP contribution in [0, 0.1) is 0 Å². The van der Waals surface area contributed by atoms with Crippen molar-refractivity contribution in [3.63, 3.8) is 0 Å². The molecule has 0 aromatic heterocycles. The van der Waals surface area contributed by atoms with E-state index in [4.69, 9.17) is 4.74 Å². The Morgan fingerprint density at radius 3 is 2.52 bits per heavy atom. The van der Waals surface area contributed by atoms with E-state index in [1.807, 2.05) is 13.0 Å². The number of Topliss-reactive ketones (excluding diaryl/α,β-unsaturated/α-hetero) is 1. The minimum atomic E-state index is -0.931. The van der Waals surface area contributed by atoms with Gasteiger partial charge in [-0.25, -0.2) is 4.79 Å². The van der Waals surface area contributed by atoms with Gasteiger partial charge in [0.2, 0.25) is 0 Å². The third-order valence-electron chi connectivity index (χ3n) is 4.04. The number of ether oxygens (including phenoxy) is 1. The Bertz CT molecular complexity index is 816. The molecule has 2 aromatic rings. The number of aromatic hydroxyl groups is 1. The average Bonchev–Trinajstić information content (AvgIpc) is 2.64. The van der Waals surface area contributed by atoms with Gasteiger partial charge in [-0.3, -0.25) is 4.79 Å². The summed E-state index contributed by atoms with van der Waals surface area (Å²) in [5, 5.41) is 19.5. The van der Waals surface area contributed by atoms with Crippen LogP contribution in [0.5, 0.6) is 11.5 Å². The second-order valence-electron chi connectivity index (χ2n) is 6.10. The number of phenolic OH excluding ortho intramolecular Hbond substituents is 1. The molecular weight excluding hydrogens is 364 g/mol. The monoisotopic (exact) mass is 388 g/mol. The highest BCUT2D eigenvalue weighted by molar-refractivity contribution is 7.99. The molecule has 0 fully saturated rings. The Labute approximate surface area is 163 Å². The van der Waals surface area contributed by atoms with Crippen molar-refractivity contribution >= 4 is 23.5 Å². The van der Waals surface area contributed by atoms with Crippen LogP contribution in [0.1, 0.15) is 53.0 Å². The van der Waals surface area contributed by atoms with E-state index in [0.29, 0.717) is 41.2 Å². The number of carbonyl (C=O) groups is 2. The number of hydrogen-bond donors (Lipinski definition) is 2. The van der Waals surface area contributed by atoms with Crippen LogP contribution in [-0.4, -0.2) is 34.3 Å². The zero-order valence-electron chi connectivity index (χ0n) is 15.5. The van der Waals surface area contributed by atoms with Crippen LogP contribution in [0.2, 0.25) is 0 Å². The lowest BCUT2D eigenvalue weighted by atomic mass is 10.0. The molecule has 0 bridgehead atoms. The van der Waals surface area contributed by atoms with E-state index >= 15 is 0 Å². The summed E-state index contributed by atoms with van der Waals surface area (Å²) >= 11 is 1.48. The molecule has 144 valence electrons. The number of carbonyl (C=O) groups excluding carboxylic acids is 1. The third-order valence-corrected chi connectivity index (χ3v) is 5.20. The van der Waals surface area contributed by atoms with Gasteiger partial charge in [-0.2, -0.15) is 0 Å². The number of carboxylic acids is 1. The van der Waals surface area contributed by atoms with Gasteiger partial charge in [0.15, 0.2) is 5.78 Å².